The van der Waals surface area contributed by atoms with Crippen LogP contribution in [0.15, 0.2) is 53.5 Å². The van der Waals surface area contributed by atoms with Gasteiger partial charge >= 0.3 is 0 Å². The first kappa shape index (κ1) is 17.7. The van der Waals surface area contributed by atoms with Crippen molar-refractivity contribution in [1.82, 2.24) is 9.88 Å². The Hall–Kier alpha value is -2.60. The lowest BCUT2D eigenvalue weighted by Crippen LogP contribution is -2.36. The standard InChI is InChI=1S/C18H22N2O4/c1-24-16-8-5-14(6-9-16)7-10-17(22)19-12-15(21)13-20-11-3-2-4-18(20)23/h2-6,8-9,11,15,21H,7,10,12-13H2,1H3,(H,19,22)/t15-/m1/s1. The van der Waals surface area contributed by atoms with Crippen molar-refractivity contribution in [2.24, 2.45) is 0 Å². The number of aliphatic hydroxyl groups excluding tert-OH is 1. The van der Waals surface area contributed by atoms with Crippen LogP contribution < -0.4 is 15.6 Å². The summed E-state index contributed by atoms with van der Waals surface area (Å²) in [4.78, 5) is 23.4. The molecule has 6 nitrogen and oxygen atoms in total. The van der Waals surface area contributed by atoms with Crippen molar-refractivity contribution in [2.45, 2.75) is 25.5 Å². The van der Waals surface area contributed by atoms with E-state index in [2.05, 4.69) is 5.32 Å². The molecule has 24 heavy (non-hydrogen) atoms. The number of amides is 1. The molecule has 1 atom stereocenters. The second-order valence-electron chi connectivity index (χ2n) is 5.50. The second-order valence-corrected chi connectivity index (χ2v) is 5.50. The summed E-state index contributed by atoms with van der Waals surface area (Å²) >= 11 is 0. The van der Waals surface area contributed by atoms with Crippen LogP contribution in [0.2, 0.25) is 0 Å². The predicted octanol–water partition coefficient (Wildman–Crippen LogP) is 0.967. The quantitative estimate of drug-likeness (QED) is 0.756. The highest BCUT2D eigenvalue weighted by molar-refractivity contribution is 5.76. The van der Waals surface area contributed by atoms with Crippen molar-refractivity contribution in [2.75, 3.05) is 13.7 Å². The van der Waals surface area contributed by atoms with E-state index in [-0.39, 0.29) is 24.6 Å². The van der Waals surface area contributed by atoms with Crippen LogP contribution in [0.3, 0.4) is 0 Å². The van der Waals surface area contributed by atoms with Gasteiger partial charge in [0, 0.05) is 25.2 Å². The second kappa shape index (κ2) is 8.88. The molecule has 0 aliphatic heterocycles. The summed E-state index contributed by atoms with van der Waals surface area (Å²) < 4.78 is 6.50. The molecule has 0 aliphatic carbocycles. The Labute approximate surface area is 140 Å². The minimum atomic E-state index is -0.810. The lowest BCUT2D eigenvalue weighted by Gasteiger charge is -2.13. The fourth-order valence-electron chi connectivity index (χ4n) is 2.27. The zero-order chi connectivity index (χ0) is 17.4. The smallest absolute Gasteiger partial charge is 0.250 e. The first-order valence-corrected chi connectivity index (χ1v) is 7.81. The molecule has 0 saturated heterocycles. The van der Waals surface area contributed by atoms with Crippen molar-refractivity contribution in [3.8, 4) is 5.75 Å². The van der Waals surface area contributed by atoms with E-state index in [0.717, 1.165) is 11.3 Å². The van der Waals surface area contributed by atoms with Gasteiger partial charge in [-0.2, -0.15) is 0 Å². The topological polar surface area (TPSA) is 80.6 Å². The molecular formula is C18H22N2O4. The molecule has 0 bridgehead atoms. The highest BCUT2D eigenvalue weighted by Crippen LogP contribution is 2.12. The van der Waals surface area contributed by atoms with Crippen LogP contribution >= 0.6 is 0 Å². The number of pyridine rings is 1. The van der Waals surface area contributed by atoms with Gasteiger partial charge in [-0.1, -0.05) is 18.2 Å². The summed E-state index contributed by atoms with van der Waals surface area (Å²) in [7, 11) is 1.61. The number of nitrogens with zero attached hydrogens (tertiary/aromatic N) is 1. The van der Waals surface area contributed by atoms with Crippen molar-refractivity contribution < 1.29 is 14.6 Å². The summed E-state index contributed by atoms with van der Waals surface area (Å²) in [6.45, 7) is 0.265. The Bertz CT molecular complexity index is 709. The number of methoxy groups -OCH3 is 1. The first-order chi connectivity index (χ1) is 11.6. The van der Waals surface area contributed by atoms with Crippen LogP contribution in [-0.2, 0) is 17.8 Å². The summed E-state index contributed by atoms with van der Waals surface area (Å²) in [5, 5.41) is 12.6. The minimum absolute atomic E-state index is 0.114. The lowest BCUT2D eigenvalue weighted by atomic mass is 10.1. The van der Waals surface area contributed by atoms with E-state index >= 15 is 0 Å². The van der Waals surface area contributed by atoms with Gasteiger partial charge in [0.2, 0.25) is 5.91 Å². The molecule has 2 rings (SSSR count). The molecule has 0 saturated carbocycles. The number of rotatable bonds is 8. The SMILES string of the molecule is COc1ccc(CCC(=O)NC[C@@H](O)Cn2ccccc2=O)cc1. The van der Waals surface area contributed by atoms with Gasteiger partial charge in [0.15, 0.2) is 0 Å². The molecule has 0 radical (unpaired) electrons. The van der Waals surface area contributed by atoms with Crippen LogP contribution in [0.4, 0.5) is 0 Å². The average Bonchev–Trinajstić information content (AvgIpc) is 2.60. The molecule has 0 spiro atoms. The fraction of sp³-hybridized carbons (Fsp3) is 0.333. The zero-order valence-corrected chi connectivity index (χ0v) is 13.6. The maximum Gasteiger partial charge on any atom is 0.250 e. The van der Waals surface area contributed by atoms with Crippen LogP contribution in [-0.4, -0.2) is 35.3 Å². The van der Waals surface area contributed by atoms with Crippen LogP contribution in [0, 0.1) is 0 Å². The van der Waals surface area contributed by atoms with Crippen LogP contribution in [0.5, 0.6) is 5.75 Å². The molecule has 1 aromatic heterocycles. The molecule has 1 amide bonds. The molecular weight excluding hydrogens is 308 g/mol. The number of aliphatic hydroxyl groups is 1. The normalized spacial score (nSPS) is 11.8. The van der Waals surface area contributed by atoms with E-state index in [0.29, 0.717) is 12.8 Å². The van der Waals surface area contributed by atoms with E-state index in [4.69, 9.17) is 4.74 Å². The lowest BCUT2D eigenvalue weighted by molar-refractivity contribution is -0.121. The molecule has 128 valence electrons. The zero-order valence-electron chi connectivity index (χ0n) is 13.6. The van der Waals surface area contributed by atoms with Crippen LogP contribution in [0.1, 0.15) is 12.0 Å². The maximum absolute atomic E-state index is 11.8. The number of carbonyl (C=O) groups is 1. The van der Waals surface area contributed by atoms with Crippen molar-refractivity contribution in [3.63, 3.8) is 0 Å². The van der Waals surface area contributed by atoms with Gasteiger partial charge in [0.05, 0.1) is 19.8 Å². The molecule has 1 heterocycles. The third-order valence-electron chi connectivity index (χ3n) is 3.64. The summed E-state index contributed by atoms with van der Waals surface area (Å²) in [6.07, 6.45) is 1.75. The largest absolute Gasteiger partial charge is 0.497 e. The van der Waals surface area contributed by atoms with Gasteiger partial charge in [-0.15, -0.1) is 0 Å². The highest BCUT2D eigenvalue weighted by Gasteiger charge is 2.09. The Kier molecular flexibility index (Phi) is 6.57. The summed E-state index contributed by atoms with van der Waals surface area (Å²) in [6, 6.07) is 12.3. The van der Waals surface area contributed by atoms with E-state index in [9.17, 15) is 14.7 Å². The van der Waals surface area contributed by atoms with Gasteiger partial charge in [-0.3, -0.25) is 9.59 Å². The van der Waals surface area contributed by atoms with Gasteiger partial charge in [-0.05, 0) is 30.2 Å². The van der Waals surface area contributed by atoms with E-state index < -0.39 is 6.10 Å². The first-order valence-electron chi connectivity index (χ1n) is 7.81. The highest BCUT2D eigenvalue weighted by atomic mass is 16.5. The molecule has 2 N–H and O–H groups in total. The van der Waals surface area contributed by atoms with Crippen molar-refractivity contribution >= 4 is 5.91 Å². The van der Waals surface area contributed by atoms with Crippen LogP contribution in [0.25, 0.3) is 0 Å². The molecule has 0 fully saturated rings. The average molecular weight is 330 g/mol. The number of aryl methyl sites for hydroxylation is 1. The van der Waals surface area contributed by atoms with E-state index in [1.807, 2.05) is 24.3 Å². The number of hydrogen-bond donors (Lipinski definition) is 2. The summed E-state index contributed by atoms with van der Waals surface area (Å²) in [5.74, 6) is 0.646. The maximum atomic E-state index is 11.8. The third kappa shape index (κ3) is 5.55. The Morgan fingerprint density at radius 2 is 2.00 bits per heavy atom. The molecule has 2 aromatic rings. The monoisotopic (exact) mass is 330 g/mol. The van der Waals surface area contributed by atoms with Gasteiger partial charge in [-0.25, -0.2) is 0 Å². The molecule has 1 aromatic carbocycles. The van der Waals surface area contributed by atoms with Gasteiger partial charge in [0.25, 0.3) is 5.56 Å². The number of aromatic nitrogens is 1. The Morgan fingerprint density at radius 1 is 1.25 bits per heavy atom. The fourth-order valence-corrected chi connectivity index (χ4v) is 2.27. The predicted molar refractivity (Wildman–Crippen MR) is 91.0 cm³/mol. The van der Waals surface area contributed by atoms with Gasteiger partial charge in [0.1, 0.15) is 5.75 Å². The molecule has 6 heteroatoms. The molecule has 0 unspecified atom stereocenters. The number of hydrogen-bond acceptors (Lipinski definition) is 4. The van der Waals surface area contributed by atoms with Crippen molar-refractivity contribution in [1.29, 1.82) is 0 Å². The minimum Gasteiger partial charge on any atom is -0.497 e. The number of nitrogens with one attached hydrogen (secondary N) is 1. The van der Waals surface area contributed by atoms with Crippen molar-refractivity contribution in [3.05, 3.63) is 64.6 Å². The number of ether oxygens (including phenoxy) is 1. The molecule has 0 aliphatic rings. The van der Waals surface area contributed by atoms with Gasteiger partial charge < -0.3 is 19.7 Å². The summed E-state index contributed by atoms with van der Waals surface area (Å²) in [5.41, 5.74) is 0.865. The van der Waals surface area contributed by atoms with E-state index in [1.54, 1.807) is 25.4 Å². The van der Waals surface area contributed by atoms with E-state index in [1.165, 1.54) is 10.6 Å². The Morgan fingerprint density at radius 3 is 2.67 bits per heavy atom. The Balaban J connectivity index is 1.72. The number of benzene rings is 1. The number of carbonyl (C=O) groups excluding carboxylic acids is 1. The third-order valence-corrected chi connectivity index (χ3v) is 3.64.